The molecule has 1 unspecified atom stereocenters. The third-order valence-corrected chi connectivity index (χ3v) is 5.87. The second-order valence-electron chi connectivity index (χ2n) is 7.29. The third-order valence-electron chi connectivity index (χ3n) is 4.80. The monoisotopic (exact) mass is 550 g/mol. The summed E-state index contributed by atoms with van der Waals surface area (Å²) in [6.07, 6.45) is -5.74. The number of nitrogens with one attached hydrogen (secondary N) is 2. The maximum absolute atomic E-state index is 13.8. The smallest absolute Gasteiger partial charge is 0.326 e. The summed E-state index contributed by atoms with van der Waals surface area (Å²) >= 11 is 17.6. The van der Waals surface area contributed by atoms with Crippen molar-refractivity contribution in [3.63, 3.8) is 0 Å². The van der Waals surface area contributed by atoms with Crippen LogP contribution in [-0.4, -0.2) is 18.0 Å². The van der Waals surface area contributed by atoms with Crippen LogP contribution in [0.2, 0.25) is 15.1 Å². The molecule has 3 aromatic rings. The van der Waals surface area contributed by atoms with E-state index in [1.165, 1.54) is 18.2 Å². The quantitative estimate of drug-likeness (QED) is 0.307. The van der Waals surface area contributed by atoms with Gasteiger partial charge in [-0.15, -0.1) is 0 Å². The highest BCUT2D eigenvalue weighted by Gasteiger charge is 2.42. The second-order valence-corrected chi connectivity index (χ2v) is 8.51. The Labute approximate surface area is 211 Å². The summed E-state index contributed by atoms with van der Waals surface area (Å²) in [5.74, 6) is -5.94. The molecular weight excluding hydrogens is 538 g/mol. The van der Waals surface area contributed by atoms with Crippen molar-refractivity contribution in [1.29, 1.82) is 0 Å². The van der Waals surface area contributed by atoms with Crippen LogP contribution < -0.4 is 10.6 Å². The Morgan fingerprint density at radius 2 is 1.51 bits per heavy atom. The van der Waals surface area contributed by atoms with Crippen molar-refractivity contribution in [3.8, 4) is 0 Å². The number of hydrogen-bond acceptors (Lipinski definition) is 2. The summed E-state index contributed by atoms with van der Waals surface area (Å²) in [7, 11) is 0. The molecule has 0 spiro atoms. The van der Waals surface area contributed by atoms with Crippen LogP contribution in [0.15, 0.2) is 54.6 Å². The summed E-state index contributed by atoms with van der Waals surface area (Å²) < 4.78 is 67.8. The van der Waals surface area contributed by atoms with Crippen molar-refractivity contribution in [3.05, 3.63) is 92.4 Å². The average Bonchev–Trinajstić information content (AvgIpc) is 2.76. The Bertz CT molecular complexity index is 1280. The molecule has 4 nitrogen and oxygen atoms in total. The molecule has 0 aliphatic heterocycles. The zero-order chi connectivity index (χ0) is 25.9. The van der Waals surface area contributed by atoms with Crippen LogP contribution in [0.3, 0.4) is 0 Å². The number of benzene rings is 3. The van der Waals surface area contributed by atoms with Gasteiger partial charge in [0, 0.05) is 18.2 Å². The molecular formula is C23H14Cl3F5N2O2. The van der Waals surface area contributed by atoms with E-state index in [-0.39, 0.29) is 37.6 Å². The molecule has 12 heteroatoms. The van der Waals surface area contributed by atoms with E-state index in [9.17, 15) is 31.5 Å². The van der Waals surface area contributed by atoms with Crippen LogP contribution in [0.5, 0.6) is 0 Å². The highest BCUT2D eigenvalue weighted by molar-refractivity contribution is 6.42. The highest BCUT2D eigenvalue weighted by Crippen LogP contribution is 2.39. The second kappa shape index (κ2) is 10.8. The summed E-state index contributed by atoms with van der Waals surface area (Å²) in [5.41, 5.74) is -0.805. The van der Waals surface area contributed by atoms with Gasteiger partial charge < -0.3 is 10.6 Å². The van der Waals surface area contributed by atoms with Crippen molar-refractivity contribution in [2.24, 2.45) is 0 Å². The summed E-state index contributed by atoms with van der Waals surface area (Å²) in [6.45, 7) is 0. The van der Waals surface area contributed by atoms with Gasteiger partial charge in [-0.25, -0.2) is 8.78 Å². The topological polar surface area (TPSA) is 58.2 Å². The van der Waals surface area contributed by atoms with Crippen molar-refractivity contribution >= 4 is 58.0 Å². The van der Waals surface area contributed by atoms with Gasteiger partial charge in [0.1, 0.15) is 11.6 Å². The standard InChI is InChI=1S/C23H14Cl3F5N2O2/c24-16-5-3-13(9-14(16)22(35)33-20-6-2-12(27)8-19(20)28)32-21(34)10-15(23(29,30)31)11-1-4-17(25)18(26)7-11/h1-9,15H,10H2,(H,32,34)(H,33,35). The maximum atomic E-state index is 13.8. The van der Waals surface area contributed by atoms with Gasteiger partial charge in [0.2, 0.25) is 5.91 Å². The predicted octanol–water partition coefficient (Wildman–Crippen LogP) is 7.85. The van der Waals surface area contributed by atoms with Crippen LogP contribution in [0.1, 0.15) is 28.3 Å². The summed E-state index contributed by atoms with van der Waals surface area (Å²) in [5, 5.41) is 4.39. The predicted molar refractivity (Wildman–Crippen MR) is 124 cm³/mol. The van der Waals surface area contributed by atoms with Gasteiger partial charge in [0.15, 0.2) is 0 Å². The fourth-order valence-corrected chi connectivity index (χ4v) is 3.62. The molecule has 0 fully saturated rings. The molecule has 0 aromatic heterocycles. The molecule has 0 bridgehead atoms. The Kier molecular flexibility index (Phi) is 8.25. The van der Waals surface area contributed by atoms with E-state index >= 15 is 0 Å². The fourth-order valence-electron chi connectivity index (χ4n) is 3.11. The SMILES string of the molecule is O=C(CC(c1ccc(Cl)c(Cl)c1)C(F)(F)F)Nc1ccc(Cl)c(C(=O)Nc2ccc(F)cc2F)c1. The molecule has 2 N–H and O–H groups in total. The molecule has 0 radical (unpaired) electrons. The van der Waals surface area contributed by atoms with Crippen molar-refractivity contribution in [2.45, 2.75) is 18.5 Å². The molecule has 1 atom stereocenters. The van der Waals surface area contributed by atoms with Gasteiger partial charge in [-0.3, -0.25) is 9.59 Å². The number of carbonyl (C=O) groups excluding carboxylic acids is 2. The molecule has 3 rings (SSSR count). The van der Waals surface area contributed by atoms with Crippen molar-refractivity contribution in [2.75, 3.05) is 10.6 Å². The number of halogens is 8. The van der Waals surface area contributed by atoms with Crippen LogP contribution in [0, 0.1) is 11.6 Å². The van der Waals surface area contributed by atoms with E-state index in [2.05, 4.69) is 10.6 Å². The van der Waals surface area contributed by atoms with Crippen LogP contribution in [0.4, 0.5) is 33.3 Å². The Hall–Kier alpha value is -2.88. The number of hydrogen-bond donors (Lipinski definition) is 2. The molecule has 2 amide bonds. The lowest BCUT2D eigenvalue weighted by Gasteiger charge is -2.21. The molecule has 35 heavy (non-hydrogen) atoms. The Balaban J connectivity index is 1.78. The lowest BCUT2D eigenvalue weighted by Crippen LogP contribution is -2.26. The van der Waals surface area contributed by atoms with E-state index in [1.54, 1.807) is 0 Å². The molecule has 0 aliphatic carbocycles. The first-order valence-corrected chi connectivity index (χ1v) is 10.9. The molecule has 0 saturated heterocycles. The Morgan fingerprint density at radius 1 is 0.829 bits per heavy atom. The fraction of sp³-hybridized carbons (Fsp3) is 0.130. The van der Waals surface area contributed by atoms with Crippen molar-refractivity contribution < 1.29 is 31.5 Å². The van der Waals surface area contributed by atoms with Gasteiger partial charge in [-0.05, 0) is 48.0 Å². The van der Waals surface area contributed by atoms with E-state index in [4.69, 9.17) is 34.8 Å². The Morgan fingerprint density at radius 3 is 2.14 bits per heavy atom. The van der Waals surface area contributed by atoms with E-state index < -0.39 is 42.0 Å². The van der Waals surface area contributed by atoms with E-state index in [1.807, 2.05) is 0 Å². The van der Waals surface area contributed by atoms with Crippen LogP contribution in [0.25, 0.3) is 0 Å². The third kappa shape index (κ3) is 6.84. The minimum Gasteiger partial charge on any atom is -0.326 e. The van der Waals surface area contributed by atoms with E-state index in [0.29, 0.717) is 6.07 Å². The number of alkyl halides is 3. The largest absolute Gasteiger partial charge is 0.396 e. The first-order valence-electron chi connectivity index (χ1n) is 9.72. The molecule has 0 saturated carbocycles. The lowest BCUT2D eigenvalue weighted by atomic mass is 9.94. The summed E-state index contributed by atoms with van der Waals surface area (Å²) in [4.78, 5) is 25.0. The normalized spacial score (nSPS) is 12.2. The molecule has 184 valence electrons. The first kappa shape index (κ1) is 26.7. The number of rotatable bonds is 6. The first-order chi connectivity index (χ1) is 16.3. The minimum atomic E-state index is -4.77. The highest BCUT2D eigenvalue weighted by atomic mass is 35.5. The van der Waals surface area contributed by atoms with Crippen LogP contribution >= 0.6 is 34.8 Å². The minimum absolute atomic E-state index is 0.0285. The van der Waals surface area contributed by atoms with E-state index in [0.717, 1.165) is 30.3 Å². The van der Waals surface area contributed by atoms with Gasteiger partial charge in [-0.2, -0.15) is 13.2 Å². The summed E-state index contributed by atoms with van der Waals surface area (Å²) in [6, 6.07) is 9.48. The van der Waals surface area contributed by atoms with Gasteiger partial charge >= 0.3 is 6.18 Å². The number of amides is 2. The lowest BCUT2D eigenvalue weighted by molar-refractivity contribution is -0.155. The van der Waals surface area contributed by atoms with Gasteiger partial charge in [-0.1, -0.05) is 40.9 Å². The number of anilines is 2. The maximum Gasteiger partial charge on any atom is 0.396 e. The number of carbonyl (C=O) groups is 2. The van der Waals surface area contributed by atoms with Gasteiger partial charge in [0.05, 0.1) is 32.2 Å². The molecule has 3 aromatic carbocycles. The average molecular weight is 552 g/mol. The van der Waals surface area contributed by atoms with Crippen molar-refractivity contribution in [1.82, 2.24) is 0 Å². The van der Waals surface area contributed by atoms with Crippen LogP contribution in [-0.2, 0) is 4.79 Å². The molecule has 0 heterocycles. The molecule has 0 aliphatic rings. The van der Waals surface area contributed by atoms with Gasteiger partial charge in [0.25, 0.3) is 5.91 Å². The zero-order valence-electron chi connectivity index (χ0n) is 17.3. The zero-order valence-corrected chi connectivity index (χ0v) is 19.6.